The van der Waals surface area contributed by atoms with Crippen LogP contribution in [0.1, 0.15) is 43.6 Å². The van der Waals surface area contributed by atoms with Crippen molar-refractivity contribution in [2.24, 2.45) is 0 Å². The fourth-order valence-corrected chi connectivity index (χ4v) is 5.10. The summed E-state index contributed by atoms with van der Waals surface area (Å²) in [6.45, 7) is 3.44. The predicted molar refractivity (Wildman–Crippen MR) is 144 cm³/mol. The van der Waals surface area contributed by atoms with E-state index >= 15 is 0 Å². The molecule has 2 saturated heterocycles. The van der Waals surface area contributed by atoms with Crippen molar-refractivity contribution in [2.45, 2.75) is 56.2 Å². The number of carbonyl (C=O) groups excluding carboxylic acids is 1. The Morgan fingerprint density at radius 1 is 1.11 bits per heavy atom. The van der Waals surface area contributed by atoms with E-state index < -0.39 is 5.60 Å². The molecule has 0 spiro atoms. The van der Waals surface area contributed by atoms with Crippen LogP contribution in [0.5, 0.6) is 0 Å². The lowest BCUT2D eigenvalue weighted by Crippen LogP contribution is -2.49. The minimum absolute atomic E-state index is 0.0256. The summed E-state index contributed by atoms with van der Waals surface area (Å²) in [6, 6.07) is 11.0. The van der Waals surface area contributed by atoms with E-state index in [0.717, 1.165) is 31.5 Å². The van der Waals surface area contributed by atoms with Gasteiger partial charge in [-0.15, -0.1) is 12.8 Å². The summed E-state index contributed by atoms with van der Waals surface area (Å²) in [4.78, 5) is 34.0. The molecule has 0 bridgehead atoms. The van der Waals surface area contributed by atoms with E-state index in [-0.39, 0.29) is 36.4 Å². The third kappa shape index (κ3) is 6.80. The van der Waals surface area contributed by atoms with Gasteiger partial charge < -0.3 is 15.3 Å². The quantitative estimate of drug-likeness (QED) is 0.511. The average Bonchev–Trinajstić information content (AvgIpc) is 3.45. The number of terminal acetylenes is 2. The third-order valence-corrected chi connectivity index (χ3v) is 7.42. The van der Waals surface area contributed by atoms with Crippen molar-refractivity contribution >= 4 is 11.7 Å². The molecular weight excluding hydrogens is 466 g/mol. The molecule has 2 fully saturated rings. The highest BCUT2D eigenvalue weighted by atomic mass is 16.3. The average molecular weight is 502 g/mol. The molecule has 2 aliphatic heterocycles. The van der Waals surface area contributed by atoms with E-state index in [1.165, 1.54) is 17.0 Å². The van der Waals surface area contributed by atoms with Gasteiger partial charge in [-0.1, -0.05) is 42.2 Å². The number of nitrogens with zero attached hydrogens (tertiary/aromatic N) is 4. The molecule has 37 heavy (non-hydrogen) atoms. The number of aromatic nitrogens is 2. The van der Waals surface area contributed by atoms with Gasteiger partial charge in [-0.05, 0) is 44.3 Å². The Kier molecular flexibility index (Phi) is 8.66. The number of carbonyl (C=O) groups is 1. The summed E-state index contributed by atoms with van der Waals surface area (Å²) in [5.74, 6) is 5.70. The second-order valence-electron chi connectivity index (χ2n) is 9.99. The molecule has 0 saturated carbocycles. The van der Waals surface area contributed by atoms with Gasteiger partial charge in [-0.3, -0.25) is 19.1 Å². The number of rotatable bonds is 9. The molecule has 2 N–H and O–H groups in total. The van der Waals surface area contributed by atoms with Crippen molar-refractivity contribution in [2.75, 3.05) is 38.0 Å². The van der Waals surface area contributed by atoms with Crippen LogP contribution in [0, 0.1) is 24.7 Å². The van der Waals surface area contributed by atoms with Crippen molar-refractivity contribution in [1.29, 1.82) is 0 Å². The van der Waals surface area contributed by atoms with Gasteiger partial charge in [-0.2, -0.15) is 0 Å². The largest absolute Gasteiger partial charge is 0.388 e. The van der Waals surface area contributed by atoms with Gasteiger partial charge in [0, 0.05) is 32.1 Å². The van der Waals surface area contributed by atoms with Crippen LogP contribution in [0.25, 0.3) is 0 Å². The maximum Gasteiger partial charge on any atom is 0.255 e. The van der Waals surface area contributed by atoms with E-state index in [1.54, 1.807) is 4.90 Å². The zero-order valence-electron chi connectivity index (χ0n) is 21.2. The Morgan fingerprint density at radius 3 is 2.43 bits per heavy atom. The maximum absolute atomic E-state index is 12.9. The zero-order chi connectivity index (χ0) is 26.3. The van der Waals surface area contributed by atoms with Crippen molar-refractivity contribution in [3.8, 4) is 24.7 Å². The van der Waals surface area contributed by atoms with Crippen LogP contribution in [0.4, 0.5) is 5.82 Å². The van der Waals surface area contributed by atoms with Gasteiger partial charge in [0.1, 0.15) is 5.82 Å². The monoisotopic (exact) mass is 501 g/mol. The van der Waals surface area contributed by atoms with Gasteiger partial charge in [0.25, 0.3) is 5.56 Å². The predicted octanol–water partition coefficient (Wildman–Crippen LogP) is 1.91. The van der Waals surface area contributed by atoms with Crippen molar-refractivity contribution in [3.05, 3.63) is 58.6 Å². The van der Waals surface area contributed by atoms with E-state index in [4.69, 9.17) is 12.8 Å². The molecule has 194 valence electrons. The normalized spacial score (nSPS) is 18.9. The SMILES string of the molecule is C#C[C@H](CC(=O)N1CCC(O)(Cn2cnc(NC[C@H](C#C)N3CCCC3)cc2=O)CC1)c1ccccc1. The fraction of sp³-hybridized carbons (Fsp3) is 0.483. The summed E-state index contributed by atoms with van der Waals surface area (Å²) in [5.41, 5.74) is -0.392. The maximum atomic E-state index is 12.9. The summed E-state index contributed by atoms with van der Waals surface area (Å²) >= 11 is 0. The first-order chi connectivity index (χ1) is 17.9. The molecule has 2 atom stereocenters. The molecule has 2 aliphatic rings. The number of aliphatic hydroxyl groups is 1. The Morgan fingerprint density at radius 2 is 1.81 bits per heavy atom. The van der Waals surface area contributed by atoms with Gasteiger partial charge in [0.2, 0.25) is 5.91 Å². The van der Waals surface area contributed by atoms with E-state index in [0.29, 0.717) is 38.3 Å². The number of hydrogen-bond donors (Lipinski definition) is 2. The lowest BCUT2D eigenvalue weighted by Gasteiger charge is -2.38. The van der Waals surface area contributed by atoms with Crippen LogP contribution in [-0.2, 0) is 11.3 Å². The highest BCUT2D eigenvalue weighted by molar-refractivity contribution is 5.77. The number of piperidine rings is 1. The smallest absolute Gasteiger partial charge is 0.255 e. The van der Waals surface area contributed by atoms with Crippen LogP contribution >= 0.6 is 0 Å². The van der Waals surface area contributed by atoms with Crippen LogP contribution in [-0.4, -0.2) is 74.7 Å². The molecule has 3 heterocycles. The molecule has 1 aromatic carbocycles. The van der Waals surface area contributed by atoms with Gasteiger partial charge in [0.15, 0.2) is 0 Å². The Balaban J connectivity index is 1.29. The number of nitrogens with one attached hydrogen (secondary N) is 1. The number of anilines is 1. The van der Waals surface area contributed by atoms with Crippen molar-refractivity contribution in [1.82, 2.24) is 19.4 Å². The van der Waals surface area contributed by atoms with Crippen LogP contribution in [0.3, 0.4) is 0 Å². The standard InChI is InChI=1S/C29H35N5O3/c1-3-23(24-10-6-5-7-11-24)18-27(35)33-16-12-29(37,13-17-33)21-34-22-31-26(19-28(34)36)30-20-25(4-2)32-14-8-9-15-32/h1-2,5-7,10-11,19,22-23,25,30,37H,8-9,12-18,20-21H2/t23-,25+/m1/s1. The second kappa shape index (κ2) is 12.1. The number of likely N-dealkylation sites (tertiary alicyclic amines) is 2. The summed E-state index contributed by atoms with van der Waals surface area (Å²) in [6.07, 6.45) is 16.1. The van der Waals surface area contributed by atoms with Crippen LogP contribution < -0.4 is 10.9 Å². The number of hydrogen-bond acceptors (Lipinski definition) is 6. The van der Waals surface area contributed by atoms with Crippen molar-refractivity contribution < 1.29 is 9.90 Å². The van der Waals surface area contributed by atoms with Gasteiger partial charge in [-0.25, -0.2) is 4.98 Å². The van der Waals surface area contributed by atoms with E-state index in [9.17, 15) is 14.7 Å². The van der Waals surface area contributed by atoms with Crippen molar-refractivity contribution in [3.63, 3.8) is 0 Å². The lowest BCUT2D eigenvalue weighted by molar-refractivity contribution is -0.136. The first-order valence-corrected chi connectivity index (χ1v) is 12.9. The summed E-state index contributed by atoms with van der Waals surface area (Å²) < 4.78 is 1.42. The minimum atomic E-state index is -1.09. The highest BCUT2D eigenvalue weighted by Gasteiger charge is 2.35. The molecule has 1 aromatic heterocycles. The lowest BCUT2D eigenvalue weighted by atomic mass is 9.90. The number of benzene rings is 1. The molecule has 2 aromatic rings. The topological polar surface area (TPSA) is 90.7 Å². The van der Waals surface area contributed by atoms with Gasteiger partial charge >= 0.3 is 0 Å². The first-order valence-electron chi connectivity index (χ1n) is 12.9. The Hall–Kier alpha value is -3.59. The van der Waals surface area contributed by atoms with E-state index in [2.05, 4.69) is 27.0 Å². The summed E-state index contributed by atoms with van der Waals surface area (Å²) in [5, 5.41) is 14.3. The first kappa shape index (κ1) is 26.5. The third-order valence-electron chi connectivity index (χ3n) is 7.42. The number of amides is 1. The Bertz CT molecular complexity index is 1200. The molecule has 0 radical (unpaired) electrons. The second-order valence-corrected chi connectivity index (χ2v) is 9.99. The minimum Gasteiger partial charge on any atom is -0.388 e. The molecular formula is C29H35N5O3. The molecule has 8 heteroatoms. The van der Waals surface area contributed by atoms with Crippen LogP contribution in [0.2, 0.25) is 0 Å². The van der Waals surface area contributed by atoms with E-state index in [1.807, 2.05) is 30.3 Å². The summed E-state index contributed by atoms with van der Waals surface area (Å²) in [7, 11) is 0. The fourth-order valence-electron chi connectivity index (χ4n) is 5.10. The molecule has 4 rings (SSSR count). The Labute approximate surface area is 218 Å². The van der Waals surface area contributed by atoms with Crippen LogP contribution in [0.15, 0.2) is 47.5 Å². The molecule has 0 aliphatic carbocycles. The molecule has 0 unspecified atom stereocenters. The zero-order valence-corrected chi connectivity index (χ0v) is 21.2. The van der Waals surface area contributed by atoms with Gasteiger partial charge in [0.05, 0.1) is 30.4 Å². The molecule has 1 amide bonds. The highest BCUT2D eigenvalue weighted by Crippen LogP contribution is 2.26. The molecule has 8 nitrogen and oxygen atoms in total.